The van der Waals surface area contributed by atoms with Gasteiger partial charge in [-0.25, -0.2) is 4.39 Å². The molecule has 0 saturated carbocycles. The molecule has 1 amide bonds. The molecule has 2 rings (SSSR count). The molecule has 5 heteroatoms. The van der Waals surface area contributed by atoms with Crippen molar-refractivity contribution in [3.8, 4) is 0 Å². The van der Waals surface area contributed by atoms with Crippen LogP contribution in [0.4, 0.5) is 4.39 Å². The van der Waals surface area contributed by atoms with Crippen molar-refractivity contribution in [2.45, 2.75) is 39.3 Å². The second-order valence-corrected chi connectivity index (χ2v) is 6.31. The van der Waals surface area contributed by atoms with Crippen LogP contribution in [0.2, 0.25) is 5.02 Å². The van der Waals surface area contributed by atoms with Crippen LogP contribution in [0.15, 0.2) is 18.2 Å². The topological polar surface area (TPSA) is 32.3 Å². The van der Waals surface area contributed by atoms with Gasteiger partial charge in [0.15, 0.2) is 0 Å². The predicted octanol–water partition coefficient (Wildman–Crippen LogP) is 3.39. The Hall–Kier alpha value is -1.13. The fourth-order valence-corrected chi connectivity index (χ4v) is 3.07. The van der Waals surface area contributed by atoms with Crippen molar-refractivity contribution in [3.05, 3.63) is 34.6 Å². The Morgan fingerprint density at radius 3 is 2.81 bits per heavy atom. The molecule has 1 fully saturated rings. The number of carbonyl (C=O) groups excluding carboxylic acids is 1. The van der Waals surface area contributed by atoms with Crippen LogP contribution in [-0.2, 0) is 4.79 Å². The van der Waals surface area contributed by atoms with Crippen molar-refractivity contribution in [1.82, 2.24) is 10.2 Å². The van der Waals surface area contributed by atoms with Crippen LogP contribution < -0.4 is 5.32 Å². The molecular weight excluding hydrogens is 291 g/mol. The summed E-state index contributed by atoms with van der Waals surface area (Å²) >= 11 is 5.84. The van der Waals surface area contributed by atoms with Crippen LogP contribution in [0.3, 0.4) is 0 Å². The lowest BCUT2D eigenvalue weighted by atomic mass is 9.92. The van der Waals surface area contributed by atoms with Crippen molar-refractivity contribution in [3.63, 3.8) is 0 Å². The summed E-state index contributed by atoms with van der Waals surface area (Å²) in [5.41, 5.74) is 0.975. The first-order chi connectivity index (χ1) is 9.88. The average molecular weight is 313 g/mol. The Balaban J connectivity index is 1.98. The molecule has 0 radical (unpaired) electrons. The molecule has 3 atom stereocenters. The Morgan fingerprint density at radius 2 is 2.24 bits per heavy atom. The van der Waals surface area contributed by atoms with E-state index in [1.807, 2.05) is 11.8 Å². The second kappa shape index (κ2) is 6.75. The summed E-state index contributed by atoms with van der Waals surface area (Å²) in [5.74, 6) is 0.135. The van der Waals surface area contributed by atoms with Gasteiger partial charge in [-0.15, -0.1) is 0 Å². The minimum absolute atomic E-state index is 0.0967. The van der Waals surface area contributed by atoms with E-state index in [2.05, 4.69) is 12.2 Å². The van der Waals surface area contributed by atoms with Gasteiger partial charge in [-0.2, -0.15) is 0 Å². The molecule has 0 bridgehead atoms. The first kappa shape index (κ1) is 16.2. The van der Waals surface area contributed by atoms with Crippen LogP contribution in [0.5, 0.6) is 0 Å². The molecule has 0 spiro atoms. The van der Waals surface area contributed by atoms with Crippen molar-refractivity contribution in [2.24, 2.45) is 5.92 Å². The quantitative estimate of drug-likeness (QED) is 0.928. The van der Waals surface area contributed by atoms with E-state index in [4.69, 9.17) is 11.6 Å². The summed E-state index contributed by atoms with van der Waals surface area (Å²) in [4.78, 5) is 13.3. The van der Waals surface area contributed by atoms with E-state index in [0.717, 1.165) is 25.1 Å². The van der Waals surface area contributed by atoms with Gasteiger partial charge in [0, 0.05) is 32.1 Å². The first-order valence-electron chi connectivity index (χ1n) is 7.35. The molecule has 1 N–H and O–H groups in total. The molecular formula is C16H22ClFN2O. The summed E-state index contributed by atoms with van der Waals surface area (Å²) in [5, 5.41) is 3.73. The molecule has 1 aromatic rings. The van der Waals surface area contributed by atoms with Gasteiger partial charge in [0.1, 0.15) is 5.82 Å². The largest absolute Gasteiger partial charge is 0.343 e. The van der Waals surface area contributed by atoms with Gasteiger partial charge in [0.05, 0.1) is 5.02 Å². The number of nitrogens with one attached hydrogen (secondary N) is 1. The van der Waals surface area contributed by atoms with E-state index in [1.54, 1.807) is 19.1 Å². The molecule has 1 aromatic carbocycles. The standard InChI is InChI=1S/C16H22ClFN2O/c1-10-9-20(12(3)21)7-6-16(10)19-11(2)13-4-5-15(18)14(17)8-13/h4-5,8,10-11,16,19H,6-7,9H2,1-3H3/t10-,11-,16+/m1/s1. The fraction of sp³-hybridized carbons (Fsp3) is 0.562. The number of likely N-dealkylation sites (tertiary alicyclic amines) is 1. The molecule has 0 aliphatic carbocycles. The Bertz CT molecular complexity index is 523. The molecule has 1 aliphatic heterocycles. The van der Waals surface area contributed by atoms with Gasteiger partial charge in [-0.3, -0.25) is 4.79 Å². The van der Waals surface area contributed by atoms with Crippen molar-refractivity contribution in [1.29, 1.82) is 0 Å². The van der Waals surface area contributed by atoms with E-state index in [0.29, 0.717) is 12.0 Å². The highest BCUT2D eigenvalue weighted by Crippen LogP contribution is 2.24. The average Bonchev–Trinajstić information content (AvgIpc) is 2.43. The molecule has 116 valence electrons. The zero-order chi connectivity index (χ0) is 15.6. The Morgan fingerprint density at radius 1 is 1.52 bits per heavy atom. The van der Waals surface area contributed by atoms with Crippen molar-refractivity contribution >= 4 is 17.5 Å². The zero-order valence-electron chi connectivity index (χ0n) is 12.7. The lowest BCUT2D eigenvalue weighted by Crippen LogP contribution is -2.50. The number of rotatable bonds is 3. The fourth-order valence-electron chi connectivity index (χ4n) is 2.88. The van der Waals surface area contributed by atoms with Crippen molar-refractivity contribution in [2.75, 3.05) is 13.1 Å². The third kappa shape index (κ3) is 3.95. The van der Waals surface area contributed by atoms with E-state index in [1.165, 1.54) is 6.07 Å². The maximum atomic E-state index is 13.2. The SMILES string of the molecule is CC(=O)N1CC[C@H](N[C@H](C)c2ccc(F)c(Cl)c2)[C@H](C)C1. The monoisotopic (exact) mass is 312 g/mol. The second-order valence-electron chi connectivity index (χ2n) is 5.90. The summed E-state index contributed by atoms with van der Waals surface area (Å²) in [6.07, 6.45) is 0.931. The molecule has 0 unspecified atom stereocenters. The van der Waals surface area contributed by atoms with Gasteiger partial charge in [0.2, 0.25) is 5.91 Å². The van der Waals surface area contributed by atoms with Crippen LogP contribution in [-0.4, -0.2) is 29.9 Å². The number of nitrogens with zero attached hydrogens (tertiary/aromatic N) is 1. The zero-order valence-corrected chi connectivity index (χ0v) is 13.5. The molecule has 1 aliphatic rings. The first-order valence-corrected chi connectivity index (χ1v) is 7.72. The van der Waals surface area contributed by atoms with Crippen LogP contribution in [0.1, 0.15) is 38.8 Å². The molecule has 0 aromatic heterocycles. The Labute approximate surface area is 130 Å². The molecule has 1 saturated heterocycles. The molecule has 1 heterocycles. The predicted molar refractivity (Wildman–Crippen MR) is 82.8 cm³/mol. The number of piperidine rings is 1. The van der Waals surface area contributed by atoms with Gasteiger partial charge in [0.25, 0.3) is 0 Å². The lowest BCUT2D eigenvalue weighted by Gasteiger charge is -2.38. The van der Waals surface area contributed by atoms with Gasteiger partial charge in [-0.05, 0) is 37.0 Å². The third-order valence-corrected chi connectivity index (χ3v) is 4.55. The van der Waals surface area contributed by atoms with Crippen LogP contribution in [0.25, 0.3) is 0 Å². The summed E-state index contributed by atoms with van der Waals surface area (Å²) in [6, 6.07) is 5.27. The lowest BCUT2D eigenvalue weighted by molar-refractivity contribution is -0.130. The Kier molecular flexibility index (Phi) is 5.22. The minimum Gasteiger partial charge on any atom is -0.343 e. The maximum absolute atomic E-state index is 13.2. The number of hydrogen-bond acceptors (Lipinski definition) is 2. The highest BCUT2D eigenvalue weighted by Gasteiger charge is 2.28. The number of amides is 1. The summed E-state index contributed by atoms with van der Waals surface area (Å²) < 4.78 is 13.2. The highest BCUT2D eigenvalue weighted by atomic mass is 35.5. The van der Waals surface area contributed by atoms with E-state index in [-0.39, 0.29) is 17.0 Å². The van der Waals surface area contributed by atoms with E-state index < -0.39 is 5.82 Å². The summed E-state index contributed by atoms with van der Waals surface area (Å²) in [7, 11) is 0. The van der Waals surface area contributed by atoms with Crippen LogP contribution >= 0.6 is 11.6 Å². The van der Waals surface area contributed by atoms with Gasteiger partial charge < -0.3 is 10.2 Å². The highest BCUT2D eigenvalue weighted by molar-refractivity contribution is 6.30. The van der Waals surface area contributed by atoms with Gasteiger partial charge in [-0.1, -0.05) is 24.6 Å². The van der Waals surface area contributed by atoms with E-state index in [9.17, 15) is 9.18 Å². The van der Waals surface area contributed by atoms with Crippen molar-refractivity contribution < 1.29 is 9.18 Å². The third-order valence-electron chi connectivity index (χ3n) is 4.26. The number of hydrogen-bond donors (Lipinski definition) is 1. The molecule has 3 nitrogen and oxygen atoms in total. The number of carbonyl (C=O) groups is 1. The van der Waals surface area contributed by atoms with Crippen LogP contribution in [0, 0.1) is 11.7 Å². The maximum Gasteiger partial charge on any atom is 0.219 e. The number of halogens is 2. The minimum atomic E-state index is -0.393. The summed E-state index contributed by atoms with van der Waals surface area (Å²) in [6.45, 7) is 7.38. The smallest absolute Gasteiger partial charge is 0.219 e. The normalized spacial score (nSPS) is 24.0. The number of benzene rings is 1. The van der Waals surface area contributed by atoms with E-state index >= 15 is 0 Å². The van der Waals surface area contributed by atoms with Gasteiger partial charge >= 0.3 is 0 Å². The molecule has 21 heavy (non-hydrogen) atoms.